The lowest BCUT2D eigenvalue weighted by molar-refractivity contribution is 0.104. The molecule has 0 aliphatic carbocycles. The van der Waals surface area contributed by atoms with Gasteiger partial charge in [0.15, 0.2) is 5.78 Å². The summed E-state index contributed by atoms with van der Waals surface area (Å²) in [5.41, 5.74) is 2.72. The molecule has 0 aliphatic rings. The molecule has 0 atom stereocenters. The second kappa shape index (κ2) is 7.22. The van der Waals surface area contributed by atoms with Gasteiger partial charge >= 0.3 is 0 Å². The Hall–Kier alpha value is -3.79. The summed E-state index contributed by atoms with van der Waals surface area (Å²) in [7, 11) is 0. The summed E-state index contributed by atoms with van der Waals surface area (Å²) in [6.07, 6.45) is 6.41. The van der Waals surface area contributed by atoms with Crippen LogP contribution in [0.3, 0.4) is 0 Å². The summed E-state index contributed by atoms with van der Waals surface area (Å²) in [4.78, 5) is 32.6. The van der Waals surface area contributed by atoms with E-state index in [0.29, 0.717) is 11.1 Å². The van der Waals surface area contributed by atoms with E-state index in [1.807, 2.05) is 60.7 Å². The third-order valence-electron chi connectivity index (χ3n) is 4.34. The van der Waals surface area contributed by atoms with Crippen molar-refractivity contribution in [3.8, 4) is 11.1 Å². The molecular formula is C23H16N2O2. The van der Waals surface area contributed by atoms with Crippen molar-refractivity contribution in [2.24, 2.45) is 0 Å². The Bertz CT molecular complexity index is 1190. The first-order valence-electron chi connectivity index (χ1n) is 8.57. The summed E-state index contributed by atoms with van der Waals surface area (Å²) in [6.45, 7) is 0. The average Bonchev–Trinajstić information content (AvgIpc) is 2.72. The van der Waals surface area contributed by atoms with Gasteiger partial charge in [0, 0.05) is 28.9 Å². The van der Waals surface area contributed by atoms with Crippen LogP contribution in [0.1, 0.15) is 15.9 Å². The van der Waals surface area contributed by atoms with Gasteiger partial charge in [0.05, 0.1) is 5.56 Å². The molecule has 2 heterocycles. The lowest BCUT2D eigenvalue weighted by Crippen LogP contribution is -2.18. The molecule has 0 unspecified atom stereocenters. The van der Waals surface area contributed by atoms with Crippen molar-refractivity contribution in [2.75, 3.05) is 0 Å². The summed E-state index contributed by atoms with van der Waals surface area (Å²) < 4.78 is 0. The van der Waals surface area contributed by atoms with E-state index in [1.165, 1.54) is 6.08 Å². The van der Waals surface area contributed by atoms with Gasteiger partial charge < -0.3 is 4.98 Å². The van der Waals surface area contributed by atoms with Crippen molar-refractivity contribution in [3.05, 3.63) is 107 Å². The largest absolute Gasteiger partial charge is 0.321 e. The number of carbonyl (C=O) groups is 1. The molecule has 27 heavy (non-hydrogen) atoms. The average molecular weight is 352 g/mol. The molecule has 0 amide bonds. The zero-order valence-corrected chi connectivity index (χ0v) is 14.4. The first-order valence-corrected chi connectivity index (χ1v) is 8.57. The minimum Gasteiger partial charge on any atom is -0.321 e. The molecule has 0 spiro atoms. The van der Waals surface area contributed by atoms with Crippen molar-refractivity contribution < 1.29 is 4.79 Å². The van der Waals surface area contributed by atoms with Crippen LogP contribution in [-0.2, 0) is 0 Å². The zero-order chi connectivity index (χ0) is 18.6. The highest BCUT2D eigenvalue weighted by Crippen LogP contribution is 2.29. The van der Waals surface area contributed by atoms with E-state index < -0.39 is 5.56 Å². The number of H-pyrrole nitrogens is 1. The fourth-order valence-electron chi connectivity index (χ4n) is 3.11. The number of nitrogens with one attached hydrogen (secondary N) is 1. The second-order valence-corrected chi connectivity index (χ2v) is 6.10. The molecule has 0 aliphatic heterocycles. The van der Waals surface area contributed by atoms with E-state index in [0.717, 1.165) is 16.5 Å². The standard InChI is InChI=1S/C23H16N2O2/c26-20(13-12-16-7-6-14-24-15-16)22-21(17-8-2-1-3-9-17)18-10-4-5-11-19(18)25-23(22)27/h1-15H,(H,25,27)/b13-12-. The summed E-state index contributed by atoms with van der Waals surface area (Å²) in [5.74, 6) is -0.343. The van der Waals surface area contributed by atoms with E-state index in [-0.39, 0.29) is 11.3 Å². The van der Waals surface area contributed by atoms with Crippen LogP contribution in [0.25, 0.3) is 28.1 Å². The van der Waals surface area contributed by atoms with Gasteiger partial charge in [-0.2, -0.15) is 0 Å². The first-order chi connectivity index (χ1) is 13.2. The SMILES string of the molecule is O=C(/C=C\c1cccnc1)c1c(-c2ccccc2)c2ccccc2[nH]c1=O. The van der Waals surface area contributed by atoms with Crippen LogP contribution in [0.15, 0.2) is 90.0 Å². The number of nitrogens with zero attached hydrogens (tertiary/aromatic N) is 1. The molecule has 4 nitrogen and oxygen atoms in total. The predicted octanol–water partition coefficient (Wildman–Crippen LogP) is 4.49. The highest BCUT2D eigenvalue weighted by Gasteiger charge is 2.18. The van der Waals surface area contributed by atoms with Crippen LogP contribution in [0.4, 0.5) is 0 Å². The molecular weight excluding hydrogens is 336 g/mol. The molecule has 4 heteroatoms. The highest BCUT2D eigenvalue weighted by molar-refractivity contribution is 6.15. The molecule has 4 aromatic rings. The molecule has 0 saturated heterocycles. The Morgan fingerprint density at radius 2 is 1.70 bits per heavy atom. The number of para-hydroxylation sites is 1. The van der Waals surface area contributed by atoms with Crippen LogP contribution < -0.4 is 5.56 Å². The summed E-state index contributed by atoms with van der Waals surface area (Å²) in [5, 5.41) is 0.835. The maximum atomic E-state index is 12.9. The summed E-state index contributed by atoms with van der Waals surface area (Å²) in [6, 6.07) is 20.6. The highest BCUT2D eigenvalue weighted by atomic mass is 16.1. The third-order valence-corrected chi connectivity index (χ3v) is 4.34. The molecule has 0 saturated carbocycles. The van der Waals surface area contributed by atoms with Crippen LogP contribution >= 0.6 is 0 Å². The van der Waals surface area contributed by atoms with Gasteiger partial charge in [-0.15, -0.1) is 0 Å². The Morgan fingerprint density at radius 1 is 0.926 bits per heavy atom. The van der Waals surface area contributed by atoms with Gasteiger partial charge in [-0.3, -0.25) is 14.6 Å². The van der Waals surface area contributed by atoms with Crippen LogP contribution in [-0.4, -0.2) is 15.8 Å². The summed E-state index contributed by atoms with van der Waals surface area (Å²) >= 11 is 0. The van der Waals surface area contributed by atoms with Crippen LogP contribution in [0, 0.1) is 0 Å². The number of fused-ring (bicyclic) bond motifs is 1. The monoisotopic (exact) mass is 352 g/mol. The molecule has 130 valence electrons. The van der Waals surface area contributed by atoms with Crippen LogP contribution in [0.2, 0.25) is 0 Å². The molecule has 2 aromatic carbocycles. The topological polar surface area (TPSA) is 62.8 Å². The number of ketones is 1. The van der Waals surface area contributed by atoms with E-state index in [4.69, 9.17) is 0 Å². The molecule has 1 N–H and O–H groups in total. The number of hydrogen-bond donors (Lipinski definition) is 1. The Labute approximate surface area is 155 Å². The molecule has 0 radical (unpaired) electrons. The zero-order valence-electron chi connectivity index (χ0n) is 14.4. The second-order valence-electron chi connectivity index (χ2n) is 6.10. The lowest BCUT2D eigenvalue weighted by Gasteiger charge is -2.11. The number of aromatic amines is 1. The maximum absolute atomic E-state index is 12.9. The minimum absolute atomic E-state index is 0.139. The third kappa shape index (κ3) is 3.33. The number of rotatable bonds is 4. The van der Waals surface area contributed by atoms with Crippen molar-refractivity contribution in [1.82, 2.24) is 9.97 Å². The van der Waals surface area contributed by atoms with Gasteiger partial charge in [0.25, 0.3) is 5.56 Å². The van der Waals surface area contributed by atoms with Gasteiger partial charge in [0.1, 0.15) is 0 Å². The smallest absolute Gasteiger partial charge is 0.260 e. The van der Waals surface area contributed by atoms with Crippen molar-refractivity contribution >= 4 is 22.8 Å². The molecule has 2 aromatic heterocycles. The number of hydrogen-bond acceptors (Lipinski definition) is 3. The van der Waals surface area contributed by atoms with Gasteiger partial charge in [-0.05, 0) is 35.4 Å². The molecule has 0 fully saturated rings. The predicted molar refractivity (Wildman–Crippen MR) is 108 cm³/mol. The Morgan fingerprint density at radius 3 is 2.48 bits per heavy atom. The number of benzene rings is 2. The Balaban J connectivity index is 1.92. The van der Waals surface area contributed by atoms with E-state index in [2.05, 4.69) is 9.97 Å². The fourth-order valence-corrected chi connectivity index (χ4v) is 3.11. The lowest BCUT2D eigenvalue weighted by atomic mass is 9.94. The van der Waals surface area contributed by atoms with Gasteiger partial charge in [-0.1, -0.05) is 54.6 Å². The van der Waals surface area contributed by atoms with Crippen molar-refractivity contribution in [1.29, 1.82) is 0 Å². The van der Waals surface area contributed by atoms with Crippen molar-refractivity contribution in [2.45, 2.75) is 0 Å². The Kier molecular flexibility index (Phi) is 4.45. The van der Waals surface area contributed by atoms with Gasteiger partial charge in [-0.25, -0.2) is 0 Å². The van der Waals surface area contributed by atoms with E-state index in [9.17, 15) is 9.59 Å². The molecule has 0 bridgehead atoms. The first kappa shape index (κ1) is 16.7. The molecule has 4 rings (SSSR count). The number of carbonyl (C=O) groups excluding carboxylic acids is 1. The van der Waals surface area contributed by atoms with Crippen molar-refractivity contribution in [3.63, 3.8) is 0 Å². The van der Waals surface area contributed by atoms with E-state index in [1.54, 1.807) is 24.5 Å². The van der Waals surface area contributed by atoms with Crippen LogP contribution in [0.5, 0.6) is 0 Å². The normalized spacial score (nSPS) is 11.1. The number of pyridine rings is 2. The maximum Gasteiger partial charge on any atom is 0.260 e. The minimum atomic E-state index is -0.395. The quantitative estimate of drug-likeness (QED) is 0.435. The number of aromatic nitrogens is 2. The van der Waals surface area contributed by atoms with E-state index >= 15 is 0 Å². The fraction of sp³-hybridized carbons (Fsp3) is 0. The number of allylic oxidation sites excluding steroid dienone is 1. The van der Waals surface area contributed by atoms with Gasteiger partial charge in [0.2, 0.25) is 0 Å².